The van der Waals surface area contributed by atoms with Gasteiger partial charge < -0.3 is 40.9 Å². The van der Waals surface area contributed by atoms with E-state index in [4.69, 9.17) is 29.9 Å². The number of hydrogen-bond acceptors (Lipinski definition) is 13. The standard InChI is InChI=1S/C30H38N8O3.CH5N.CH2O/c1-30(2,3)24-18-25(37-41-24)35-21-5-4-6-22(17-21)36-29-26(28(32)33-19-34-29)27(31)20-7-9-23(10-8-20)40-16-13-38-11-14-39-15-12-38;2*1-2/h4-5,7-10,17-19,22,31H,6,11-16H2,1-3H3,(H,35,37)(H3,32,33,34,36);2H2,1H3;1H2. The number of ether oxygens (including phenoxy) is 2. The molecule has 1 aromatic carbocycles. The van der Waals surface area contributed by atoms with Gasteiger partial charge in [0.2, 0.25) is 0 Å². The smallest absolute Gasteiger partial charge is 0.174 e. The lowest BCUT2D eigenvalue weighted by Gasteiger charge is -2.26. The normalized spacial score (nSPS) is 16.3. The first-order chi connectivity index (χ1) is 21.8. The number of aromatic nitrogens is 3. The minimum atomic E-state index is -0.127. The SMILES string of the molecule is C=O.CC(C)(C)c1cc(NC2=CC(Nc3ncnc(N)c3C(=N)c3ccc(OCCN4CCOCC4)cc3)CC=C2)no1.CN. The monoisotopic (exact) mass is 619 g/mol. The molecule has 1 aliphatic carbocycles. The van der Waals surface area contributed by atoms with Gasteiger partial charge in [-0.05, 0) is 49.9 Å². The molecule has 0 amide bonds. The summed E-state index contributed by atoms with van der Waals surface area (Å²) in [6, 6.07) is 9.29. The van der Waals surface area contributed by atoms with E-state index in [9.17, 15) is 0 Å². The fourth-order valence-electron chi connectivity index (χ4n) is 4.61. The van der Waals surface area contributed by atoms with E-state index >= 15 is 0 Å². The molecule has 1 atom stereocenters. The first-order valence-corrected chi connectivity index (χ1v) is 14.7. The van der Waals surface area contributed by atoms with Crippen LogP contribution in [-0.4, -0.2) is 85.1 Å². The average Bonchev–Trinajstić information content (AvgIpc) is 3.53. The predicted molar refractivity (Wildman–Crippen MR) is 177 cm³/mol. The highest BCUT2D eigenvalue weighted by Gasteiger charge is 2.22. The number of carbonyl (C=O) groups excluding carboxylic acids is 1. The summed E-state index contributed by atoms with van der Waals surface area (Å²) in [5.41, 5.74) is 12.9. The molecule has 242 valence electrons. The van der Waals surface area contributed by atoms with E-state index < -0.39 is 0 Å². The molecule has 3 aromatic rings. The number of rotatable bonds is 10. The Balaban J connectivity index is 0.00000133. The molecule has 2 aliphatic rings. The number of anilines is 3. The lowest BCUT2D eigenvalue weighted by molar-refractivity contribution is -0.0980. The van der Waals surface area contributed by atoms with Gasteiger partial charge in [-0.15, -0.1) is 0 Å². The molecule has 13 heteroatoms. The minimum Gasteiger partial charge on any atom is -0.492 e. The lowest BCUT2D eigenvalue weighted by atomic mass is 9.93. The third-order valence-electron chi connectivity index (χ3n) is 6.96. The van der Waals surface area contributed by atoms with Gasteiger partial charge >= 0.3 is 0 Å². The number of hydrogen-bond donors (Lipinski definition) is 5. The molecule has 1 aliphatic heterocycles. The molecule has 0 bridgehead atoms. The van der Waals surface area contributed by atoms with E-state index in [0.29, 0.717) is 29.4 Å². The number of morpholine rings is 1. The highest BCUT2D eigenvalue weighted by atomic mass is 16.5. The van der Waals surface area contributed by atoms with Crippen LogP contribution in [-0.2, 0) is 14.9 Å². The summed E-state index contributed by atoms with van der Waals surface area (Å²) in [5.74, 6) is 2.95. The van der Waals surface area contributed by atoms with Gasteiger partial charge in [-0.1, -0.05) is 32.0 Å². The maximum Gasteiger partial charge on any atom is 0.174 e. The highest BCUT2D eigenvalue weighted by molar-refractivity contribution is 6.16. The van der Waals surface area contributed by atoms with Gasteiger partial charge in [0.25, 0.3) is 0 Å². The molecular weight excluding hydrogens is 574 g/mol. The molecule has 0 spiro atoms. The fraction of sp³-hybridized carbons (Fsp3) is 0.406. The van der Waals surface area contributed by atoms with E-state index in [2.05, 4.69) is 69.3 Å². The van der Waals surface area contributed by atoms with Gasteiger partial charge in [0.05, 0.1) is 30.5 Å². The summed E-state index contributed by atoms with van der Waals surface area (Å²) >= 11 is 0. The Hall–Kier alpha value is -4.59. The van der Waals surface area contributed by atoms with Gasteiger partial charge in [-0.25, -0.2) is 9.97 Å². The van der Waals surface area contributed by atoms with Gasteiger partial charge in [-0.2, -0.15) is 0 Å². The van der Waals surface area contributed by atoms with Crippen molar-refractivity contribution in [2.75, 3.05) is 62.9 Å². The number of allylic oxidation sites excluding steroid dienone is 1. The zero-order chi connectivity index (χ0) is 32.8. The summed E-state index contributed by atoms with van der Waals surface area (Å²) in [6.45, 7) is 13.1. The summed E-state index contributed by atoms with van der Waals surface area (Å²) in [6.07, 6.45) is 8.28. The number of nitrogens with zero attached hydrogens (tertiary/aromatic N) is 4. The van der Waals surface area contributed by atoms with Gasteiger partial charge in [0.1, 0.15) is 42.9 Å². The van der Waals surface area contributed by atoms with E-state index in [1.165, 1.54) is 13.4 Å². The van der Waals surface area contributed by atoms with Crippen molar-refractivity contribution < 1.29 is 18.8 Å². The van der Waals surface area contributed by atoms with Crippen LogP contribution in [0.2, 0.25) is 0 Å². The maximum absolute atomic E-state index is 8.93. The van der Waals surface area contributed by atoms with Crippen LogP contribution >= 0.6 is 0 Å². The minimum absolute atomic E-state index is 0.0837. The molecule has 45 heavy (non-hydrogen) atoms. The first kappa shape index (κ1) is 34.9. The number of carbonyl (C=O) groups is 1. The molecule has 1 fully saturated rings. The van der Waals surface area contributed by atoms with Crippen molar-refractivity contribution in [3.05, 3.63) is 77.5 Å². The van der Waals surface area contributed by atoms with E-state index in [-0.39, 0.29) is 23.0 Å². The largest absolute Gasteiger partial charge is 0.492 e. The second kappa shape index (κ2) is 17.0. The molecule has 2 aromatic heterocycles. The van der Waals surface area contributed by atoms with Crippen molar-refractivity contribution in [2.45, 2.75) is 38.6 Å². The van der Waals surface area contributed by atoms with Crippen molar-refractivity contribution in [3.63, 3.8) is 0 Å². The second-order valence-electron chi connectivity index (χ2n) is 11.1. The van der Waals surface area contributed by atoms with E-state index in [0.717, 1.165) is 56.5 Å². The summed E-state index contributed by atoms with van der Waals surface area (Å²) in [7, 11) is 1.50. The third-order valence-corrected chi connectivity index (χ3v) is 6.96. The van der Waals surface area contributed by atoms with E-state index in [1.807, 2.05) is 43.2 Å². The Kier molecular flexibility index (Phi) is 13.2. The Morgan fingerprint density at radius 3 is 2.53 bits per heavy atom. The topological polar surface area (TPSA) is 191 Å². The Labute approximate surface area is 264 Å². The van der Waals surface area contributed by atoms with Crippen molar-refractivity contribution in [1.82, 2.24) is 20.0 Å². The molecule has 1 unspecified atom stereocenters. The van der Waals surface area contributed by atoms with Gasteiger partial charge in [-0.3, -0.25) is 10.3 Å². The quantitative estimate of drug-likeness (QED) is 0.208. The molecular formula is C32H45N9O4. The second-order valence-corrected chi connectivity index (χ2v) is 11.1. The summed E-state index contributed by atoms with van der Waals surface area (Å²) in [4.78, 5) is 18.9. The molecule has 3 heterocycles. The molecule has 7 N–H and O–H groups in total. The molecule has 5 rings (SSSR count). The number of nitrogens with one attached hydrogen (secondary N) is 3. The third kappa shape index (κ3) is 9.96. The van der Waals surface area contributed by atoms with Gasteiger partial charge in [0, 0.05) is 42.4 Å². The van der Waals surface area contributed by atoms with Crippen LogP contribution in [0.1, 0.15) is 44.1 Å². The van der Waals surface area contributed by atoms with Gasteiger partial charge in [0.15, 0.2) is 5.82 Å². The summed E-state index contributed by atoms with van der Waals surface area (Å²) < 4.78 is 16.8. The predicted octanol–water partition coefficient (Wildman–Crippen LogP) is 3.60. The Bertz CT molecular complexity index is 1430. The zero-order valence-electron chi connectivity index (χ0n) is 26.5. The van der Waals surface area contributed by atoms with Crippen LogP contribution in [0.15, 0.2) is 65.1 Å². The Morgan fingerprint density at radius 1 is 1.16 bits per heavy atom. The van der Waals surface area contributed by atoms with Crippen LogP contribution < -0.4 is 26.8 Å². The highest BCUT2D eigenvalue weighted by Crippen LogP contribution is 2.27. The van der Waals surface area contributed by atoms with Crippen molar-refractivity contribution in [2.24, 2.45) is 5.73 Å². The maximum atomic E-state index is 8.93. The number of nitrogens with two attached hydrogens (primary N) is 2. The van der Waals surface area contributed by atoms with Crippen LogP contribution in [0.3, 0.4) is 0 Å². The number of nitrogen functional groups attached to an aromatic ring is 1. The van der Waals surface area contributed by atoms with Crippen molar-refractivity contribution in [3.8, 4) is 5.75 Å². The van der Waals surface area contributed by atoms with E-state index in [1.54, 1.807) is 0 Å². The molecule has 0 radical (unpaired) electrons. The number of benzene rings is 1. The fourth-order valence-corrected chi connectivity index (χ4v) is 4.61. The Morgan fingerprint density at radius 2 is 1.87 bits per heavy atom. The van der Waals surface area contributed by atoms with Crippen molar-refractivity contribution >= 4 is 30.0 Å². The molecule has 1 saturated heterocycles. The zero-order valence-corrected chi connectivity index (χ0v) is 26.5. The molecule has 0 saturated carbocycles. The van der Waals surface area contributed by atoms with Crippen molar-refractivity contribution in [1.29, 1.82) is 5.41 Å². The van der Waals surface area contributed by atoms with Crippen LogP contribution in [0.4, 0.5) is 17.5 Å². The van der Waals surface area contributed by atoms with Crippen LogP contribution in [0, 0.1) is 5.41 Å². The average molecular weight is 620 g/mol. The van der Waals surface area contributed by atoms with Crippen LogP contribution in [0.25, 0.3) is 0 Å². The summed E-state index contributed by atoms with van der Waals surface area (Å²) in [5, 5.41) is 19.8. The van der Waals surface area contributed by atoms with Crippen LogP contribution in [0.5, 0.6) is 5.75 Å². The molecule has 13 nitrogen and oxygen atoms in total. The lowest BCUT2D eigenvalue weighted by Crippen LogP contribution is -2.38. The first-order valence-electron chi connectivity index (χ1n) is 14.7.